The van der Waals surface area contributed by atoms with Crippen LogP contribution in [0.15, 0.2) is 0 Å². The topological polar surface area (TPSA) is 72.2 Å². The quantitative estimate of drug-likeness (QED) is 0.546. The van der Waals surface area contributed by atoms with Gasteiger partial charge < -0.3 is 11.1 Å². The molecule has 4 nitrogen and oxygen atoms in total. The third kappa shape index (κ3) is 2.62. The summed E-state index contributed by atoms with van der Waals surface area (Å²) in [6, 6.07) is 0. The lowest BCUT2D eigenvalue weighted by Crippen LogP contribution is -2.32. The van der Waals surface area contributed by atoms with E-state index in [1.165, 1.54) is 6.42 Å². The molecule has 1 saturated heterocycles. The van der Waals surface area contributed by atoms with Crippen molar-refractivity contribution < 1.29 is 9.59 Å². The Bertz CT molecular complexity index is 185. The number of piperidine rings is 1. The first kappa shape index (κ1) is 9.19. The van der Waals surface area contributed by atoms with Crippen LogP contribution in [0.4, 0.5) is 0 Å². The molecule has 0 aromatic heterocycles. The van der Waals surface area contributed by atoms with Crippen LogP contribution in [-0.4, -0.2) is 24.8 Å². The van der Waals surface area contributed by atoms with E-state index in [4.69, 9.17) is 5.73 Å². The normalized spacial score (nSPS) is 19.0. The third-order valence-corrected chi connectivity index (χ3v) is 2.01. The highest BCUT2D eigenvalue weighted by Crippen LogP contribution is 2.14. The van der Waals surface area contributed by atoms with E-state index in [2.05, 4.69) is 5.32 Å². The lowest BCUT2D eigenvalue weighted by molar-refractivity contribution is -0.134. The van der Waals surface area contributed by atoms with Crippen LogP contribution in [-0.2, 0) is 9.59 Å². The van der Waals surface area contributed by atoms with Crippen molar-refractivity contribution in [2.75, 3.05) is 13.1 Å². The Hall–Kier alpha value is -0.900. The maximum atomic E-state index is 10.9. The van der Waals surface area contributed by atoms with Gasteiger partial charge in [0.2, 0.25) is 5.78 Å². The fourth-order valence-corrected chi connectivity index (χ4v) is 1.31. The number of primary amides is 1. The molecule has 0 bridgehead atoms. The highest BCUT2D eigenvalue weighted by molar-refractivity contribution is 6.39. The number of hydrogen-bond donors (Lipinski definition) is 2. The Morgan fingerprint density at radius 1 is 1.33 bits per heavy atom. The average molecular weight is 169 g/mol. The molecule has 0 unspecified atom stereocenters. The van der Waals surface area contributed by atoms with Crippen molar-refractivity contribution in [2.24, 2.45) is 11.7 Å². The number of nitrogens with two attached hydrogens (primary N) is 1. The van der Waals surface area contributed by atoms with Crippen LogP contribution in [0.5, 0.6) is 0 Å². The van der Waals surface area contributed by atoms with Crippen LogP contribution in [0, 0.1) is 12.3 Å². The van der Waals surface area contributed by atoms with Crippen molar-refractivity contribution in [3.8, 4) is 0 Å². The lowest BCUT2D eigenvalue weighted by Gasteiger charge is -2.20. The van der Waals surface area contributed by atoms with E-state index < -0.39 is 11.7 Å². The zero-order chi connectivity index (χ0) is 8.97. The van der Waals surface area contributed by atoms with Gasteiger partial charge in [0.25, 0.3) is 5.91 Å². The maximum Gasteiger partial charge on any atom is 0.285 e. The van der Waals surface area contributed by atoms with Crippen molar-refractivity contribution >= 4 is 11.7 Å². The third-order valence-electron chi connectivity index (χ3n) is 2.01. The number of carbonyl (C=O) groups is 2. The summed E-state index contributed by atoms with van der Waals surface area (Å²) in [7, 11) is 0. The second-order valence-electron chi connectivity index (χ2n) is 2.98. The summed E-state index contributed by atoms with van der Waals surface area (Å²) in [5.74, 6) is -1.18. The first-order valence-electron chi connectivity index (χ1n) is 4.09. The molecule has 0 atom stereocenters. The summed E-state index contributed by atoms with van der Waals surface area (Å²) in [4.78, 5) is 21.3. The number of carbonyl (C=O) groups excluding carboxylic acids is 2. The standard InChI is InChI=1S/C8H13N2O2/c9-8(12)7(11)5-6-1-3-10-4-2-6/h5-6,10H,1-4H2,(H2,9,12). The van der Waals surface area contributed by atoms with Gasteiger partial charge in [-0.2, -0.15) is 0 Å². The van der Waals surface area contributed by atoms with Crippen LogP contribution in [0.25, 0.3) is 0 Å². The molecule has 67 valence electrons. The minimum absolute atomic E-state index is 0.228. The SMILES string of the molecule is NC(=O)C(=O)[CH]C1CCNCC1. The number of hydrogen-bond acceptors (Lipinski definition) is 3. The number of nitrogens with one attached hydrogen (secondary N) is 1. The van der Waals surface area contributed by atoms with E-state index in [9.17, 15) is 9.59 Å². The average Bonchev–Trinajstić information content (AvgIpc) is 2.06. The van der Waals surface area contributed by atoms with E-state index in [1.54, 1.807) is 0 Å². The molecule has 1 aliphatic heterocycles. The summed E-state index contributed by atoms with van der Waals surface area (Å²) < 4.78 is 0. The zero-order valence-corrected chi connectivity index (χ0v) is 6.88. The minimum Gasteiger partial charge on any atom is -0.363 e. The van der Waals surface area contributed by atoms with Gasteiger partial charge in [-0.25, -0.2) is 0 Å². The van der Waals surface area contributed by atoms with E-state index >= 15 is 0 Å². The fourth-order valence-electron chi connectivity index (χ4n) is 1.31. The molecule has 0 aliphatic carbocycles. The molecule has 0 spiro atoms. The van der Waals surface area contributed by atoms with E-state index in [-0.39, 0.29) is 5.92 Å². The van der Waals surface area contributed by atoms with Crippen molar-refractivity contribution in [3.05, 3.63) is 6.42 Å². The maximum absolute atomic E-state index is 10.9. The lowest BCUT2D eigenvalue weighted by atomic mass is 9.92. The summed E-state index contributed by atoms with van der Waals surface area (Å²) >= 11 is 0. The Balaban J connectivity index is 2.29. The molecule has 1 amide bonds. The van der Waals surface area contributed by atoms with Gasteiger partial charge in [-0.05, 0) is 31.8 Å². The molecule has 0 aromatic carbocycles. The predicted molar refractivity (Wildman–Crippen MR) is 44.1 cm³/mol. The fraction of sp³-hybridized carbons (Fsp3) is 0.625. The molecular formula is C8H13N2O2. The summed E-state index contributed by atoms with van der Waals surface area (Å²) in [6.45, 7) is 1.82. The van der Waals surface area contributed by atoms with Gasteiger partial charge in [-0.1, -0.05) is 0 Å². The number of ketones is 1. The molecule has 12 heavy (non-hydrogen) atoms. The van der Waals surface area contributed by atoms with Gasteiger partial charge in [-0.15, -0.1) is 0 Å². The van der Waals surface area contributed by atoms with Crippen LogP contribution >= 0.6 is 0 Å². The van der Waals surface area contributed by atoms with Gasteiger partial charge in [-0.3, -0.25) is 9.59 Å². The van der Waals surface area contributed by atoms with E-state index in [1.807, 2.05) is 0 Å². The zero-order valence-electron chi connectivity index (χ0n) is 6.88. The molecular weight excluding hydrogens is 156 g/mol. The number of amides is 1. The first-order valence-corrected chi connectivity index (χ1v) is 4.09. The molecule has 4 heteroatoms. The van der Waals surface area contributed by atoms with Crippen LogP contribution in [0.1, 0.15) is 12.8 Å². The van der Waals surface area contributed by atoms with E-state index in [0.717, 1.165) is 25.9 Å². The smallest absolute Gasteiger partial charge is 0.285 e. The van der Waals surface area contributed by atoms with Crippen LogP contribution < -0.4 is 11.1 Å². The van der Waals surface area contributed by atoms with Crippen molar-refractivity contribution in [1.29, 1.82) is 0 Å². The largest absolute Gasteiger partial charge is 0.363 e. The Morgan fingerprint density at radius 3 is 2.42 bits per heavy atom. The van der Waals surface area contributed by atoms with Gasteiger partial charge in [0.1, 0.15) is 0 Å². The van der Waals surface area contributed by atoms with Gasteiger partial charge in [0.15, 0.2) is 0 Å². The minimum atomic E-state index is -0.853. The van der Waals surface area contributed by atoms with Crippen molar-refractivity contribution in [3.63, 3.8) is 0 Å². The first-order chi connectivity index (χ1) is 5.70. The molecule has 1 radical (unpaired) electrons. The van der Waals surface area contributed by atoms with Crippen molar-refractivity contribution in [2.45, 2.75) is 12.8 Å². The Labute approximate surface area is 71.5 Å². The molecule has 1 heterocycles. The van der Waals surface area contributed by atoms with Crippen molar-refractivity contribution in [1.82, 2.24) is 5.32 Å². The molecule has 1 rings (SSSR count). The molecule has 0 saturated carbocycles. The molecule has 0 aromatic rings. The monoisotopic (exact) mass is 169 g/mol. The number of Topliss-reactive ketones (excluding diaryl/α,β-unsaturated/α-hetero) is 1. The van der Waals surface area contributed by atoms with Crippen LogP contribution in [0.3, 0.4) is 0 Å². The second kappa shape index (κ2) is 4.21. The summed E-state index contributed by atoms with van der Waals surface area (Å²) in [5, 5.41) is 3.17. The second-order valence-corrected chi connectivity index (χ2v) is 2.98. The van der Waals surface area contributed by atoms with Gasteiger partial charge in [0.05, 0.1) is 0 Å². The van der Waals surface area contributed by atoms with Crippen LogP contribution in [0.2, 0.25) is 0 Å². The van der Waals surface area contributed by atoms with Gasteiger partial charge in [0, 0.05) is 6.42 Å². The highest BCUT2D eigenvalue weighted by atomic mass is 16.2. The Kier molecular flexibility index (Phi) is 3.22. The predicted octanol–water partition coefficient (Wildman–Crippen LogP) is -0.755. The van der Waals surface area contributed by atoms with Gasteiger partial charge >= 0.3 is 0 Å². The Morgan fingerprint density at radius 2 is 1.92 bits per heavy atom. The van der Waals surface area contributed by atoms with E-state index in [0.29, 0.717) is 0 Å². The highest BCUT2D eigenvalue weighted by Gasteiger charge is 2.19. The molecule has 1 fully saturated rings. The molecule has 1 aliphatic rings. The number of rotatable bonds is 3. The molecule has 3 N–H and O–H groups in total. The summed E-state index contributed by atoms with van der Waals surface area (Å²) in [5.41, 5.74) is 4.82. The summed E-state index contributed by atoms with van der Waals surface area (Å²) in [6.07, 6.45) is 3.28.